The first-order valence-corrected chi connectivity index (χ1v) is 15.2. The van der Waals surface area contributed by atoms with E-state index in [1.54, 1.807) is 0 Å². The van der Waals surface area contributed by atoms with Gasteiger partial charge in [-0.3, -0.25) is 0 Å². The Balaban J connectivity index is 1.35. The summed E-state index contributed by atoms with van der Waals surface area (Å²) in [6.07, 6.45) is 0. The summed E-state index contributed by atoms with van der Waals surface area (Å²) < 4.78 is 0. The van der Waals surface area contributed by atoms with E-state index in [9.17, 15) is 0 Å². The van der Waals surface area contributed by atoms with Gasteiger partial charge in [0.15, 0.2) is 0 Å². The van der Waals surface area contributed by atoms with E-state index in [1.807, 2.05) is 0 Å². The maximum atomic E-state index is 3.88. The minimum Gasteiger partial charge on any atom is -0.355 e. The second-order valence-electron chi connectivity index (χ2n) is 11.4. The van der Waals surface area contributed by atoms with E-state index in [4.69, 9.17) is 0 Å². The Bertz CT molecular complexity index is 2060. The average molecular weight is 562 g/mol. The molecule has 0 spiro atoms. The van der Waals surface area contributed by atoms with Gasteiger partial charge in [0.25, 0.3) is 0 Å². The molecule has 44 heavy (non-hydrogen) atoms. The van der Waals surface area contributed by atoms with Gasteiger partial charge < -0.3 is 5.32 Å². The molecule has 7 aromatic carbocycles. The average Bonchev–Trinajstić information content (AvgIpc) is 3.42. The Morgan fingerprint density at radius 3 is 1.55 bits per heavy atom. The molecule has 0 aromatic heterocycles. The summed E-state index contributed by atoms with van der Waals surface area (Å²) in [6.45, 7) is 0. The van der Waals surface area contributed by atoms with Crippen molar-refractivity contribution in [1.82, 2.24) is 0 Å². The van der Waals surface area contributed by atoms with Crippen molar-refractivity contribution in [2.45, 2.75) is 5.41 Å². The summed E-state index contributed by atoms with van der Waals surface area (Å²) in [5.74, 6) is 0. The van der Waals surface area contributed by atoms with Gasteiger partial charge in [-0.2, -0.15) is 0 Å². The molecular weight excluding hydrogens is 530 g/mol. The molecule has 1 N–H and O–H groups in total. The van der Waals surface area contributed by atoms with Crippen molar-refractivity contribution >= 4 is 11.4 Å². The van der Waals surface area contributed by atoms with Crippen molar-refractivity contribution < 1.29 is 0 Å². The van der Waals surface area contributed by atoms with Crippen LogP contribution in [0, 0.1) is 0 Å². The van der Waals surface area contributed by atoms with Crippen LogP contribution in [0.4, 0.5) is 11.4 Å². The molecular formula is C43H31N. The number of rotatable bonds is 6. The first-order valence-electron chi connectivity index (χ1n) is 15.2. The zero-order valence-corrected chi connectivity index (χ0v) is 24.3. The van der Waals surface area contributed by atoms with Crippen molar-refractivity contribution in [3.05, 3.63) is 204 Å². The van der Waals surface area contributed by atoms with E-state index in [2.05, 4.69) is 187 Å². The van der Waals surface area contributed by atoms with E-state index in [0.717, 1.165) is 11.4 Å². The number of anilines is 2. The minimum atomic E-state index is -0.459. The van der Waals surface area contributed by atoms with Crippen LogP contribution in [-0.2, 0) is 5.41 Å². The second-order valence-corrected chi connectivity index (χ2v) is 11.4. The van der Waals surface area contributed by atoms with Crippen molar-refractivity contribution in [3.8, 4) is 33.4 Å². The molecule has 1 unspecified atom stereocenters. The Labute approximate surface area is 259 Å². The van der Waals surface area contributed by atoms with Crippen LogP contribution in [-0.4, -0.2) is 0 Å². The molecule has 1 nitrogen and oxygen atoms in total. The quantitative estimate of drug-likeness (QED) is 0.213. The van der Waals surface area contributed by atoms with E-state index < -0.39 is 5.41 Å². The van der Waals surface area contributed by atoms with E-state index in [1.165, 1.54) is 55.6 Å². The standard InChI is InChI=1S/C43H31N/c1-4-15-31(16-5-1)32-27-29-35(30-28-32)43(34-19-8-3-9-20-34)38-23-12-10-22-37(38)42-39(43)24-14-26-41(42)44-40-25-13-11-21-36(40)33-17-6-2-7-18-33/h1-30,44H. The van der Waals surface area contributed by atoms with Gasteiger partial charge in [-0.1, -0.05) is 170 Å². The Kier molecular flexibility index (Phi) is 6.43. The lowest BCUT2D eigenvalue weighted by atomic mass is 9.67. The summed E-state index contributed by atoms with van der Waals surface area (Å²) in [5.41, 5.74) is 14.2. The van der Waals surface area contributed by atoms with E-state index in [-0.39, 0.29) is 0 Å². The second kappa shape index (κ2) is 10.9. The lowest BCUT2D eigenvalue weighted by Crippen LogP contribution is -2.28. The van der Waals surface area contributed by atoms with Gasteiger partial charge >= 0.3 is 0 Å². The molecule has 208 valence electrons. The van der Waals surface area contributed by atoms with Crippen LogP contribution in [0.25, 0.3) is 33.4 Å². The van der Waals surface area contributed by atoms with Crippen LogP contribution in [0.1, 0.15) is 22.3 Å². The molecule has 1 heteroatoms. The predicted molar refractivity (Wildman–Crippen MR) is 184 cm³/mol. The van der Waals surface area contributed by atoms with Gasteiger partial charge in [0.05, 0.1) is 5.41 Å². The maximum absolute atomic E-state index is 3.88. The largest absolute Gasteiger partial charge is 0.355 e. The van der Waals surface area contributed by atoms with E-state index >= 15 is 0 Å². The lowest BCUT2D eigenvalue weighted by molar-refractivity contribution is 0.769. The Hall–Kier alpha value is -5.66. The van der Waals surface area contributed by atoms with Gasteiger partial charge in [0, 0.05) is 22.5 Å². The normalized spacial score (nSPS) is 14.9. The van der Waals surface area contributed by atoms with Crippen molar-refractivity contribution in [2.24, 2.45) is 0 Å². The van der Waals surface area contributed by atoms with Crippen LogP contribution in [0.3, 0.4) is 0 Å². The molecule has 0 fully saturated rings. The van der Waals surface area contributed by atoms with Crippen LogP contribution < -0.4 is 5.32 Å². The van der Waals surface area contributed by atoms with Gasteiger partial charge in [0.2, 0.25) is 0 Å². The molecule has 0 bridgehead atoms. The summed E-state index contributed by atoms with van der Waals surface area (Å²) >= 11 is 0. The fraction of sp³-hybridized carbons (Fsp3) is 0.0233. The summed E-state index contributed by atoms with van der Waals surface area (Å²) in [7, 11) is 0. The fourth-order valence-electron chi connectivity index (χ4n) is 7.06. The molecule has 1 atom stereocenters. The highest BCUT2D eigenvalue weighted by Gasteiger charge is 2.46. The van der Waals surface area contributed by atoms with Crippen molar-refractivity contribution in [3.63, 3.8) is 0 Å². The summed E-state index contributed by atoms with van der Waals surface area (Å²) in [6, 6.07) is 65.7. The van der Waals surface area contributed by atoms with Crippen molar-refractivity contribution in [2.75, 3.05) is 5.32 Å². The fourth-order valence-corrected chi connectivity index (χ4v) is 7.06. The number of hydrogen-bond acceptors (Lipinski definition) is 1. The van der Waals surface area contributed by atoms with Gasteiger partial charge in [-0.15, -0.1) is 0 Å². The monoisotopic (exact) mass is 561 g/mol. The number of hydrogen-bond donors (Lipinski definition) is 1. The van der Waals surface area contributed by atoms with Crippen LogP contribution in [0.2, 0.25) is 0 Å². The molecule has 1 aliphatic rings. The minimum absolute atomic E-state index is 0.459. The number of fused-ring (bicyclic) bond motifs is 3. The molecule has 0 saturated carbocycles. The highest BCUT2D eigenvalue weighted by Crippen LogP contribution is 2.58. The third kappa shape index (κ3) is 4.17. The van der Waals surface area contributed by atoms with Crippen molar-refractivity contribution in [1.29, 1.82) is 0 Å². The zero-order chi connectivity index (χ0) is 29.3. The highest BCUT2D eigenvalue weighted by atomic mass is 14.9. The van der Waals surface area contributed by atoms with Gasteiger partial charge in [-0.05, 0) is 56.6 Å². The molecule has 0 amide bonds. The first-order chi connectivity index (χ1) is 21.8. The zero-order valence-electron chi connectivity index (χ0n) is 24.3. The highest BCUT2D eigenvalue weighted by molar-refractivity contribution is 5.95. The third-order valence-corrected chi connectivity index (χ3v) is 8.98. The van der Waals surface area contributed by atoms with E-state index in [0.29, 0.717) is 0 Å². The topological polar surface area (TPSA) is 12.0 Å². The Morgan fingerprint density at radius 1 is 0.318 bits per heavy atom. The predicted octanol–water partition coefficient (Wildman–Crippen LogP) is 11.1. The lowest BCUT2D eigenvalue weighted by Gasteiger charge is -2.34. The molecule has 0 radical (unpaired) electrons. The molecule has 7 aromatic rings. The molecule has 8 rings (SSSR count). The third-order valence-electron chi connectivity index (χ3n) is 8.98. The number of benzene rings is 7. The van der Waals surface area contributed by atoms with Gasteiger partial charge in [0.1, 0.15) is 0 Å². The van der Waals surface area contributed by atoms with Crippen LogP contribution in [0.5, 0.6) is 0 Å². The van der Waals surface area contributed by atoms with Crippen LogP contribution >= 0.6 is 0 Å². The Morgan fingerprint density at radius 2 is 0.818 bits per heavy atom. The number of para-hydroxylation sites is 1. The maximum Gasteiger partial charge on any atom is 0.0714 e. The van der Waals surface area contributed by atoms with Gasteiger partial charge in [-0.25, -0.2) is 0 Å². The smallest absolute Gasteiger partial charge is 0.0714 e. The summed E-state index contributed by atoms with van der Waals surface area (Å²) in [5, 5.41) is 3.88. The first kappa shape index (κ1) is 26.0. The molecule has 0 saturated heterocycles. The molecule has 0 heterocycles. The number of nitrogens with one attached hydrogen (secondary N) is 1. The molecule has 0 aliphatic heterocycles. The summed E-state index contributed by atoms with van der Waals surface area (Å²) in [4.78, 5) is 0. The van der Waals surface area contributed by atoms with Crippen LogP contribution in [0.15, 0.2) is 182 Å². The SMILES string of the molecule is c1ccc(-c2ccc(C3(c4ccccc4)c4ccccc4-c4c(Nc5ccccc5-c5ccccc5)cccc43)cc2)cc1. The molecule has 1 aliphatic carbocycles.